The number of carboxylic acids is 1. The summed E-state index contributed by atoms with van der Waals surface area (Å²) in [5.41, 5.74) is 6.91. The van der Waals surface area contributed by atoms with Gasteiger partial charge in [-0.25, -0.2) is 9.59 Å². The van der Waals surface area contributed by atoms with Gasteiger partial charge in [0.05, 0.1) is 11.1 Å². The molecule has 0 saturated carbocycles. The highest BCUT2D eigenvalue weighted by molar-refractivity contribution is 5.97. The van der Waals surface area contributed by atoms with Gasteiger partial charge >= 0.3 is 12.0 Å². The van der Waals surface area contributed by atoms with Crippen molar-refractivity contribution in [3.05, 3.63) is 35.5 Å². The number of carboxylic acid groups (broad SMARTS) is 1. The maximum atomic E-state index is 11.3. The van der Waals surface area contributed by atoms with E-state index in [-0.39, 0.29) is 5.56 Å². The van der Waals surface area contributed by atoms with Crippen LogP contribution >= 0.6 is 0 Å². The molecule has 0 aliphatic carbocycles. The van der Waals surface area contributed by atoms with Gasteiger partial charge in [-0.05, 0) is 30.7 Å². The topological polar surface area (TPSA) is 85.3 Å². The minimum atomic E-state index is -0.989. The maximum absolute atomic E-state index is 11.3. The Balaban J connectivity index is 2.74. The zero-order chi connectivity index (χ0) is 12.6. The summed E-state index contributed by atoms with van der Waals surface area (Å²) < 4.78 is 1.40. The van der Waals surface area contributed by atoms with Crippen LogP contribution in [0.1, 0.15) is 23.0 Å². The van der Waals surface area contributed by atoms with Crippen molar-refractivity contribution < 1.29 is 14.7 Å². The third-order valence-electron chi connectivity index (χ3n) is 2.71. The fraction of sp³-hybridized carbons (Fsp3) is 0.167. The van der Waals surface area contributed by atoms with Crippen molar-refractivity contribution >= 4 is 22.9 Å². The summed E-state index contributed by atoms with van der Waals surface area (Å²) in [5, 5.41) is 9.60. The van der Waals surface area contributed by atoms with Crippen molar-refractivity contribution in [2.45, 2.75) is 13.3 Å². The number of nitrogens with zero attached hydrogens (tertiary/aromatic N) is 1. The molecule has 88 valence electrons. The summed E-state index contributed by atoms with van der Waals surface area (Å²) in [7, 11) is 0. The van der Waals surface area contributed by atoms with Crippen LogP contribution in [0.15, 0.2) is 24.3 Å². The lowest BCUT2D eigenvalue weighted by Crippen LogP contribution is -2.21. The molecule has 0 saturated heterocycles. The largest absolute Gasteiger partial charge is 0.478 e. The molecule has 0 bridgehead atoms. The standard InChI is InChI=1S/C12H12N2O3/c1-2-9-6-8-5-7(11(15)16)3-4-10(8)14(9)12(13)17/h3-6H,2H2,1H3,(H2,13,17)(H,15,16). The van der Waals surface area contributed by atoms with E-state index in [1.54, 1.807) is 12.1 Å². The maximum Gasteiger partial charge on any atom is 0.335 e. The smallest absolute Gasteiger partial charge is 0.335 e. The number of hydrogen-bond donors (Lipinski definition) is 2. The van der Waals surface area contributed by atoms with Gasteiger partial charge in [0.1, 0.15) is 0 Å². The molecule has 0 radical (unpaired) electrons. The van der Waals surface area contributed by atoms with Gasteiger partial charge in [-0.3, -0.25) is 4.57 Å². The van der Waals surface area contributed by atoms with E-state index in [0.717, 1.165) is 5.69 Å². The van der Waals surface area contributed by atoms with Crippen LogP contribution in [0.5, 0.6) is 0 Å². The van der Waals surface area contributed by atoms with Gasteiger partial charge in [0.25, 0.3) is 0 Å². The molecule has 0 aliphatic heterocycles. The first kappa shape index (κ1) is 11.2. The Hall–Kier alpha value is -2.30. The first-order valence-corrected chi connectivity index (χ1v) is 5.22. The van der Waals surface area contributed by atoms with E-state index in [2.05, 4.69) is 0 Å². The van der Waals surface area contributed by atoms with Crippen LogP contribution in [0, 0.1) is 0 Å². The van der Waals surface area contributed by atoms with Crippen molar-refractivity contribution in [1.29, 1.82) is 0 Å². The number of primary amides is 1. The van der Waals surface area contributed by atoms with Crippen LogP contribution in [0.3, 0.4) is 0 Å². The first-order chi connectivity index (χ1) is 8.04. The summed E-state index contributed by atoms with van der Waals surface area (Å²) >= 11 is 0. The highest BCUT2D eigenvalue weighted by atomic mass is 16.4. The van der Waals surface area contributed by atoms with E-state index in [9.17, 15) is 9.59 Å². The molecular weight excluding hydrogens is 220 g/mol. The molecule has 1 heterocycles. The average Bonchev–Trinajstić information content (AvgIpc) is 2.65. The molecule has 1 aromatic carbocycles. The minimum Gasteiger partial charge on any atom is -0.478 e. The van der Waals surface area contributed by atoms with E-state index in [4.69, 9.17) is 10.8 Å². The lowest BCUT2D eigenvalue weighted by atomic mass is 10.1. The number of nitrogens with two attached hydrogens (primary N) is 1. The molecule has 5 heteroatoms. The van der Waals surface area contributed by atoms with E-state index < -0.39 is 12.0 Å². The third kappa shape index (κ3) is 1.75. The summed E-state index contributed by atoms with van der Waals surface area (Å²) in [5.74, 6) is -0.989. The summed E-state index contributed by atoms with van der Waals surface area (Å²) in [4.78, 5) is 22.2. The molecule has 3 N–H and O–H groups in total. The van der Waals surface area contributed by atoms with Gasteiger partial charge in [-0.15, -0.1) is 0 Å². The second kappa shape index (κ2) is 3.93. The number of carbonyl (C=O) groups excluding carboxylic acids is 1. The van der Waals surface area contributed by atoms with E-state index in [1.165, 1.54) is 16.7 Å². The second-order valence-corrected chi connectivity index (χ2v) is 3.74. The van der Waals surface area contributed by atoms with Gasteiger partial charge in [0.2, 0.25) is 0 Å². The van der Waals surface area contributed by atoms with Gasteiger partial charge in [-0.1, -0.05) is 6.92 Å². The summed E-state index contributed by atoms with van der Waals surface area (Å²) in [6.45, 7) is 1.91. The molecule has 2 rings (SSSR count). The zero-order valence-electron chi connectivity index (χ0n) is 9.30. The van der Waals surface area contributed by atoms with E-state index in [0.29, 0.717) is 17.3 Å². The van der Waals surface area contributed by atoms with Crippen molar-refractivity contribution in [2.24, 2.45) is 5.73 Å². The number of amides is 1. The molecule has 5 nitrogen and oxygen atoms in total. The third-order valence-corrected chi connectivity index (χ3v) is 2.71. The quantitative estimate of drug-likeness (QED) is 0.828. The Morgan fingerprint density at radius 2 is 2.06 bits per heavy atom. The molecule has 1 amide bonds. The number of aromatic nitrogens is 1. The van der Waals surface area contributed by atoms with Crippen LogP contribution < -0.4 is 5.73 Å². The SMILES string of the molecule is CCc1cc2cc(C(=O)O)ccc2n1C(N)=O. The van der Waals surface area contributed by atoms with Gasteiger partial charge in [0.15, 0.2) is 0 Å². The monoisotopic (exact) mass is 232 g/mol. The summed E-state index contributed by atoms with van der Waals surface area (Å²) in [6.07, 6.45) is 0.653. The predicted molar refractivity (Wildman–Crippen MR) is 63.3 cm³/mol. The second-order valence-electron chi connectivity index (χ2n) is 3.74. The highest BCUT2D eigenvalue weighted by Gasteiger charge is 2.13. The van der Waals surface area contributed by atoms with E-state index in [1.807, 2.05) is 6.92 Å². The number of hydrogen-bond acceptors (Lipinski definition) is 2. The molecule has 0 atom stereocenters. The van der Waals surface area contributed by atoms with Gasteiger partial charge in [0, 0.05) is 11.1 Å². The Labute approximate surface area is 97.4 Å². The first-order valence-electron chi connectivity index (χ1n) is 5.22. The lowest BCUT2D eigenvalue weighted by molar-refractivity contribution is 0.0697. The number of rotatable bonds is 2. The fourth-order valence-corrected chi connectivity index (χ4v) is 1.93. The van der Waals surface area contributed by atoms with Crippen LogP contribution in [0.2, 0.25) is 0 Å². The molecule has 0 unspecified atom stereocenters. The van der Waals surface area contributed by atoms with E-state index >= 15 is 0 Å². The van der Waals surface area contributed by atoms with Crippen molar-refractivity contribution in [1.82, 2.24) is 4.57 Å². The van der Waals surface area contributed by atoms with Crippen LogP contribution in [0.4, 0.5) is 4.79 Å². The predicted octanol–water partition coefficient (Wildman–Crippen LogP) is 1.83. The number of fused-ring (bicyclic) bond motifs is 1. The van der Waals surface area contributed by atoms with Crippen LogP contribution in [0.25, 0.3) is 10.9 Å². The summed E-state index contributed by atoms with van der Waals surface area (Å²) in [6, 6.07) is 5.83. The van der Waals surface area contributed by atoms with Crippen LogP contribution in [-0.4, -0.2) is 21.7 Å². The van der Waals surface area contributed by atoms with Crippen molar-refractivity contribution in [3.63, 3.8) is 0 Å². The Morgan fingerprint density at radius 1 is 1.35 bits per heavy atom. The van der Waals surface area contributed by atoms with Crippen LogP contribution in [-0.2, 0) is 6.42 Å². The number of carbonyl (C=O) groups is 2. The number of aromatic carboxylic acids is 1. The number of aryl methyl sites for hydroxylation is 1. The highest BCUT2D eigenvalue weighted by Crippen LogP contribution is 2.21. The van der Waals surface area contributed by atoms with Gasteiger partial charge < -0.3 is 10.8 Å². The Kier molecular flexibility index (Phi) is 2.59. The molecule has 17 heavy (non-hydrogen) atoms. The minimum absolute atomic E-state index is 0.196. The molecule has 0 fully saturated rings. The Morgan fingerprint density at radius 3 is 2.59 bits per heavy atom. The Bertz CT molecular complexity index is 613. The lowest BCUT2D eigenvalue weighted by Gasteiger charge is -2.03. The van der Waals surface area contributed by atoms with Crippen molar-refractivity contribution in [3.8, 4) is 0 Å². The molecule has 0 spiro atoms. The molecule has 1 aromatic heterocycles. The fourth-order valence-electron chi connectivity index (χ4n) is 1.93. The van der Waals surface area contributed by atoms with Gasteiger partial charge in [-0.2, -0.15) is 0 Å². The normalized spacial score (nSPS) is 10.6. The average molecular weight is 232 g/mol. The zero-order valence-corrected chi connectivity index (χ0v) is 9.30. The van der Waals surface area contributed by atoms with Crippen molar-refractivity contribution in [2.75, 3.05) is 0 Å². The molecule has 2 aromatic rings. The number of benzene rings is 1. The molecular formula is C12H12N2O3. The molecule has 0 aliphatic rings.